The first-order valence-electron chi connectivity index (χ1n) is 11.0. The number of carbonyl (C=O) groups excluding carboxylic acids is 2. The summed E-state index contributed by atoms with van der Waals surface area (Å²) in [6.07, 6.45) is 3.40. The van der Waals surface area contributed by atoms with Gasteiger partial charge in [-0.2, -0.15) is 0 Å². The van der Waals surface area contributed by atoms with E-state index in [0.717, 1.165) is 36.4 Å². The molecule has 0 saturated carbocycles. The second-order valence-corrected chi connectivity index (χ2v) is 7.90. The van der Waals surface area contributed by atoms with Crippen LogP contribution in [0.4, 0.5) is 4.79 Å². The number of carbonyl (C=O) groups is 2. The quantitative estimate of drug-likeness (QED) is 0.589. The summed E-state index contributed by atoms with van der Waals surface area (Å²) in [7, 11) is 3.28. The number of nitrogens with zero attached hydrogens (tertiary/aromatic N) is 1. The van der Waals surface area contributed by atoms with Crippen LogP contribution >= 0.6 is 0 Å². The average molecular weight is 456 g/mol. The van der Waals surface area contributed by atoms with Gasteiger partial charge < -0.3 is 29.3 Å². The predicted octanol–water partition coefficient (Wildman–Crippen LogP) is 3.31. The molecule has 0 bridgehead atoms. The molecule has 4 rings (SSSR count). The third kappa shape index (κ3) is 4.68. The number of ether oxygens (including phenoxy) is 3. The molecule has 2 amide bonds. The predicted molar refractivity (Wildman–Crippen MR) is 120 cm³/mol. The first kappa shape index (κ1) is 22.7. The van der Waals surface area contributed by atoms with Crippen molar-refractivity contribution in [1.82, 2.24) is 15.5 Å². The molecule has 9 heteroatoms. The maximum Gasteiger partial charge on any atom is 0.338 e. The molecule has 2 aromatic rings. The molecular weight excluding hydrogens is 426 g/mol. The summed E-state index contributed by atoms with van der Waals surface area (Å²) in [5.74, 6) is 1.50. The van der Waals surface area contributed by atoms with Crippen molar-refractivity contribution in [3.63, 3.8) is 0 Å². The summed E-state index contributed by atoms with van der Waals surface area (Å²) in [5.41, 5.74) is 1.86. The van der Waals surface area contributed by atoms with Gasteiger partial charge in [0.2, 0.25) is 0 Å². The number of amides is 2. The van der Waals surface area contributed by atoms with Crippen LogP contribution in [0.3, 0.4) is 0 Å². The van der Waals surface area contributed by atoms with E-state index in [1.807, 2.05) is 18.2 Å². The summed E-state index contributed by atoms with van der Waals surface area (Å²) in [6, 6.07) is 8.11. The Kier molecular flexibility index (Phi) is 6.88. The van der Waals surface area contributed by atoms with E-state index >= 15 is 0 Å². The molecule has 2 aliphatic rings. The second kappa shape index (κ2) is 9.99. The van der Waals surface area contributed by atoms with Gasteiger partial charge >= 0.3 is 12.0 Å². The topological polar surface area (TPSA) is 102 Å². The monoisotopic (exact) mass is 455 g/mol. The zero-order valence-electron chi connectivity index (χ0n) is 19.1. The average Bonchev–Trinajstić information content (AvgIpc) is 3.51. The van der Waals surface area contributed by atoms with Gasteiger partial charge in [-0.3, -0.25) is 4.90 Å². The van der Waals surface area contributed by atoms with E-state index in [1.165, 1.54) is 6.26 Å². The van der Waals surface area contributed by atoms with Crippen molar-refractivity contribution >= 4 is 12.0 Å². The second-order valence-electron chi connectivity index (χ2n) is 7.90. The molecule has 33 heavy (non-hydrogen) atoms. The van der Waals surface area contributed by atoms with Crippen LogP contribution in [-0.2, 0) is 9.53 Å². The molecule has 1 aromatic heterocycles. The lowest BCUT2D eigenvalue weighted by molar-refractivity contribution is -0.139. The van der Waals surface area contributed by atoms with Gasteiger partial charge in [-0.25, -0.2) is 9.59 Å². The number of hydrogen-bond donors (Lipinski definition) is 2. The summed E-state index contributed by atoms with van der Waals surface area (Å²) >= 11 is 0. The van der Waals surface area contributed by atoms with E-state index in [9.17, 15) is 9.59 Å². The van der Waals surface area contributed by atoms with Crippen LogP contribution in [0.2, 0.25) is 0 Å². The van der Waals surface area contributed by atoms with Crippen molar-refractivity contribution in [3.8, 4) is 11.5 Å². The van der Waals surface area contributed by atoms with Gasteiger partial charge in [0, 0.05) is 23.8 Å². The number of rotatable bonds is 8. The van der Waals surface area contributed by atoms with Crippen LogP contribution in [0, 0.1) is 0 Å². The maximum atomic E-state index is 13.0. The van der Waals surface area contributed by atoms with Gasteiger partial charge in [0.25, 0.3) is 0 Å². The van der Waals surface area contributed by atoms with Gasteiger partial charge in [0.1, 0.15) is 23.3 Å². The molecule has 1 fully saturated rings. The molecule has 0 radical (unpaired) electrons. The summed E-state index contributed by atoms with van der Waals surface area (Å²) in [6.45, 7) is 3.14. The first-order chi connectivity index (χ1) is 16.0. The lowest BCUT2D eigenvalue weighted by Gasteiger charge is -2.32. The van der Waals surface area contributed by atoms with Crippen LogP contribution in [0.15, 0.2) is 52.3 Å². The van der Waals surface area contributed by atoms with E-state index in [2.05, 4.69) is 15.5 Å². The van der Waals surface area contributed by atoms with E-state index in [-0.39, 0.29) is 12.6 Å². The highest BCUT2D eigenvalue weighted by atomic mass is 16.5. The summed E-state index contributed by atoms with van der Waals surface area (Å²) in [4.78, 5) is 27.7. The zero-order valence-corrected chi connectivity index (χ0v) is 19.1. The molecule has 1 aromatic carbocycles. The molecule has 0 aliphatic carbocycles. The van der Waals surface area contributed by atoms with Crippen molar-refractivity contribution in [2.24, 2.45) is 0 Å². The van der Waals surface area contributed by atoms with E-state index < -0.39 is 18.0 Å². The van der Waals surface area contributed by atoms with Crippen LogP contribution in [0.1, 0.15) is 43.2 Å². The van der Waals surface area contributed by atoms with Crippen LogP contribution in [0.25, 0.3) is 0 Å². The number of urea groups is 1. The minimum Gasteiger partial charge on any atom is -0.497 e. The third-order valence-corrected chi connectivity index (χ3v) is 6.00. The number of hydrogen-bond acceptors (Lipinski definition) is 7. The Bertz CT molecular complexity index is 1030. The zero-order chi connectivity index (χ0) is 23.4. The van der Waals surface area contributed by atoms with Gasteiger partial charge in [-0.1, -0.05) is 0 Å². The van der Waals surface area contributed by atoms with E-state index in [1.54, 1.807) is 33.3 Å². The van der Waals surface area contributed by atoms with Gasteiger partial charge in [-0.15, -0.1) is 0 Å². The number of nitrogens with one attached hydrogen (secondary N) is 2. The minimum absolute atomic E-state index is 0.0415. The smallest absolute Gasteiger partial charge is 0.338 e. The largest absolute Gasteiger partial charge is 0.497 e. The third-order valence-electron chi connectivity index (χ3n) is 6.00. The Morgan fingerprint density at radius 2 is 2.09 bits per heavy atom. The molecule has 0 spiro atoms. The molecule has 2 aliphatic heterocycles. The lowest BCUT2D eigenvalue weighted by atomic mass is 9.98. The van der Waals surface area contributed by atoms with Crippen LogP contribution in [0.5, 0.6) is 11.5 Å². The molecule has 1 saturated heterocycles. The van der Waals surface area contributed by atoms with Crippen molar-refractivity contribution in [3.05, 3.63) is 59.2 Å². The summed E-state index contributed by atoms with van der Waals surface area (Å²) in [5, 5.41) is 5.62. The SMILES string of the molecule is CCOC(=O)C1=C(CN2CCCC2c2cc(OC)ccc2OC)NC(=O)NC1c1ccco1. The van der Waals surface area contributed by atoms with E-state index in [0.29, 0.717) is 23.6 Å². The molecule has 2 atom stereocenters. The first-order valence-corrected chi connectivity index (χ1v) is 11.0. The number of furan rings is 1. The molecular formula is C24H29N3O6. The molecule has 176 valence electrons. The van der Waals surface area contributed by atoms with Crippen molar-refractivity contribution < 1.29 is 28.2 Å². The number of benzene rings is 1. The highest BCUT2D eigenvalue weighted by molar-refractivity contribution is 5.95. The number of methoxy groups -OCH3 is 2. The highest BCUT2D eigenvalue weighted by Gasteiger charge is 2.37. The fourth-order valence-corrected chi connectivity index (χ4v) is 4.53. The summed E-state index contributed by atoms with van der Waals surface area (Å²) < 4.78 is 21.9. The highest BCUT2D eigenvalue weighted by Crippen LogP contribution is 2.40. The van der Waals surface area contributed by atoms with Crippen molar-refractivity contribution in [1.29, 1.82) is 0 Å². The van der Waals surface area contributed by atoms with E-state index in [4.69, 9.17) is 18.6 Å². The van der Waals surface area contributed by atoms with Gasteiger partial charge in [0.15, 0.2) is 0 Å². The molecule has 9 nitrogen and oxygen atoms in total. The Balaban J connectivity index is 1.70. The Hall–Kier alpha value is -3.46. The number of esters is 1. The Labute approximate surface area is 192 Å². The van der Waals surface area contributed by atoms with Crippen LogP contribution in [-0.4, -0.2) is 50.8 Å². The number of likely N-dealkylation sites (tertiary alicyclic amines) is 1. The van der Waals surface area contributed by atoms with Gasteiger partial charge in [-0.05, 0) is 56.6 Å². The van der Waals surface area contributed by atoms with Crippen molar-refractivity contribution in [2.75, 3.05) is 33.9 Å². The maximum absolute atomic E-state index is 13.0. The fraction of sp³-hybridized carbons (Fsp3) is 0.417. The lowest BCUT2D eigenvalue weighted by Crippen LogP contribution is -2.48. The van der Waals surface area contributed by atoms with Crippen molar-refractivity contribution in [2.45, 2.75) is 31.8 Å². The minimum atomic E-state index is -0.727. The molecule has 3 heterocycles. The molecule has 2 N–H and O–H groups in total. The van der Waals surface area contributed by atoms with Crippen LogP contribution < -0.4 is 20.1 Å². The fourth-order valence-electron chi connectivity index (χ4n) is 4.53. The Morgan fingerprint density at radius 3 is 2.79 bits per heavy atom. The standard InChI is InChI=1S/C24H29N3O6/c1-4-32-23(28)21-17(25-24(29)26-22(21)20-8-6-12-33-20)14-27-11-5-7-18(27)16-13-15(30-2)9-10-19(16)31-3/h6,8-10,12-13,18,22H,4-5,7,11,14H2,1-3H3,(H2,25,26,29). The Morgan fingerprint density at radius 1 is 1.24 bits per heavy atom. The van der Waals surface area contributed by atoms with Gasteiger partial charge in [0.05, 0.1) is 32.7 Å². The normalized spacial score (nSPS) is 20.9. The molecule has 2 unspecified atom stereocenters.